The summed E-state index contributed by atoms with van der Waals surface area (Å²) in [7, 11) is 0. The van der Waals surface area contributed by atoms with Crippen molar-refractivity contribution in [3.8, 4) is 0 Å². The van der Waals surface area contributed by atoms with Crippen LogP contribution in [-0.2, 0) is 24.0 Å². The molecule has 0 aliphatic rings. The Morgan fingerprint density at radius 3 is 1.91 bits per heavy atom. The second kappa shape index (κ2) is 15.5. The van der Waals surface area contributed by atoms with Crippen molar-refractivity contribution in [1.82, 2.24) is 16.0 Å². The smallest absolute Gasteiger partial charge is 0.326 e. The molecule has 0 radical (unpaired) electrons. The summed E-state index contributed by atoms with van der Waals surface area (Å²) in [4.78, 5) is 60.8. The summed E-state index contributed by atoms with van der Waals surface area (Å²) >= 11 is 1.49. The van der Waals surface area contributed by atoms with E-state index in [1.165, 1.54) is 11.8 Å². The third-order valence-corrected chi connectivity index (χ3v) is 5.74. The first kappa shape index (κ1) is 30.7. The molecule has 0 aromatic heterocycles. The summed E-state index contributed by atoms with van der Waals surface area (Å²) in [5.41, 5.74) is 5.80. The summed E-state index contributed by atoms with van der Waals surface area (Å²) in [5, 5.41) is 25.9. The summed E-state index contributed by atoms with van der Waals surface area (Å²) in [6, 6.07) is -4.61. The molecule has 0 saturated heterocycles. The van der Waals surface area contributed by atoms with Gasteiger partial charge in [-0.15, -0.1) is 0 Å². The number of nitrogens with two attached hydrogens (primary N) is 1. The number of carboxylic acid groups (broad SMARTS) is 2. The third-order valence-electron chi connectivity index (χ3n) is 5.10. The highest BCUT2D eigenvalue weighted by Crippen LogP contribution is 2.11. The lowest BCUT2D eigenvalue weighted by Crippen LogP contribution is -2.58. The molecule has 190 valence electrons. The Kier molecular flexibility index (Phi) is 14.4. The zero-order valence-corrected chi connectivity index (χ0v) is 20.7. The summed E-state index contributed by atoms with van der Waals surface area (Å²) in [5.74, 6) is -4.51. The average Bonchev–Trinajstić information content (AvgIpc) is 2.72. The number of carboxylic acids is 2. The van der Waals surface area contributed by atoms with Crippen LogP contribution in [0.2, 0.25) is 0 Å². The van der Waals surface area contributed by atoms with Crippen LogP contribution >= 0.6 is 11.8 Å². The van der Waals surface area contributed by atoms with Gasteiger partial charge in [0.1, 0.15) is 18.1 Å². The molecule has 0 aliphatic carbocycles. The maximum absolute atomic E-state index is 12.8. The van der Waals surface area contributed by atoms with Crippen molar-refractivity contribution >= 4 is 41.4 Å². The fourth-order valence-electron chi connectivity index (χ4n) is 2.95. The molecule has 0 fully saturated rings. The van der Waals surface area contributed by atoms with Gasteiger partial charge in [0.25, 0.3) is 0 Å². The van der Waals surface area contributed by atoms with Crippen LogP contribution < -0.4 is 21.7 Å². The van der Waals surface area contributed by atoms with Crippen LogP contribution in [0.3, 0.4) is 0 Å². The highest BCUT2D eigenvalue weighted by Gasteiger charge is 2.33. The van der Waals surface area contributed by atoms with Crippen molar-refractivity contribution in [2.24, 2.45) is 17.6 Å². The van der Waals surface area contributed by atoms with Gasteiger partial charge in [-0.25, -0.2) is 4.79 Å². The van der Waals surface area contributed by atoms with E-state index < -0.39 is 60.2 Å². The fraction of sp³-hybridized carbons (Fsp3) is 0.762. The van der Waals surface area contributed by atoms with Gasteiger partial charge < -0.3 is 31.9 Å². The SMILES string of the molecule is CCC(C)C(NC(=O)C(CC(C)C)NC(=O)C(CC(=O)O)NC(=O)C(N)CCSC)C(=O)O. The van der Waals surface area contributed by atoms with Gasteiger partial charge in [-0.1, -0.05) is 34.1 Å². The van der Waals surface area contributed by atoms with E-state index in [1.807, 2.05) is 20.1 Å². The summed E-state index contributed by atoms with van der Waals surface area (Å²) in [6.07, 6.45) is 2.20. The number of hydrogen-bond donors (Lipinski definition) is 6. The van der Waals surface area contributed by atoms with Crippen LogP contribution in [0.5, 0.6) is 0 Å². The molecule has 12 heteroatoms. The number of nitrogens with one attached hydrogen (secondary N) is 3. The minimum Gasteiger partial charge on any atom is -0.481 e. The minimum absolute atomic E-state index is 0.0413. The first-order valence-corrected chi connectivity index (χ1v) is 12.3. The van der Waals surface area contributed by atoms with Gasteiger partial charge in [-0.3, -0.25) is 19.2 Å². The van der Waals surface area contributed by atoms with E-state index in [2.05, 4.69) is 16.0 Å². The highest BCUT2D eigenvalue weighted by atomic mass is 32.2. The first-order valence-electron chi connectivity index (χ1n) is 10.9. The van der Waals surface area contributed by atoms with Gasteiger partial charge in [-0.05, 0) is 36.7 Å². The summed E-state index contributed by atoms with van der Waals surface area (Å²) < 4.78 is 0. The van der Waals surface area contributed by atoms with Crippen LogP contribution in [0.25, 0.3) is 0 Å². The Hall–Kier alpha value is -2.34. The third kappa shape index (κ3) is 11.9. The van der Waals surface area contributed by atoms with Crippen LogP contribution in [0, 0.1) is 11.8 Å². The van der Waals surface area contributed by atoms with Crippen molar-refractivity contribution in [3.05, 3.63) is 0 Å². The number of aliphatic carboxylic acids is 2. The number of hydrogen-bond acceptors (Lipinski definition) is 7. The van der Waals surface area contributed by atoms with Crippen molar-refractivity contribution < 1.29 is 34.2 Å². The molecule has 0 aromatic carbocycles. The monoisotopic (exact) mass is 490 g/mol. The van der Waals surface area contributed by atoms with E-state index in [-0.39, 0.29) is 18.3 Å². The molecular weight excluding hydrogens is 452 g/mol. The van der Waals surface area contributed by atoms with Crippen molar-refractivity contribution in [3.63, 3.8) is 0 Å². The van der Waals surface area contributed by atoms with Crippen molar-refractivity contribution in [2.45, 2.75) is 77.5 Å². The molecule has 5 atom stereocenters. The molecule has 0 aliphatic heterocycles. The number of carbonyl (C=O) groups is 5. The number of carbonyl (C=O) groups excluding carboxylic acids is 3. The van der Waals surface area contributed by atoms with Crippen molar-refractivity contribution in [1.29, 1.82) is 0 Å². The number of amides is 3. The lowest BCUT2D eigenvalue weighted by atomic mass is 9.97. The molecule has 5 unspecified atom stereocenters. The van der Waals surface area contributed by atoms with E-state index >= 15 is 0 Å². The predicted molar refractivity (Wildman–Crippen MR) is 126 cm³/mol. The second-order valence-electron chi connectivity index (χ2n) is 8.45. The minimum atomic E-state index is -1.44. The van der Waals surface area contributed by atoms with Gasteiger partial charge in [0.2, 0.25) is 17.7 Å². The largest absolute Gasteiger partial charge is 0.481 e. The quantitative estimate of drug-likeness (QED) is 0.175. The zero-order valence-electron chi connectivity index (χ0n) is 19.9. The lowest BCUT2D eigenvalue weighted by Gasteiger charge is -2.27. The molecule has 33 heavy (non-hydrogen) atoms. The van der Waals surface area contributed by atoms with Gasteiger partial charge in [-0.2, -0.15) is 11.8 Å². The van der Waals surface area contributed by atoms with Crippen molar-refractivity contribution in [2.75, 3.05) is 12.0 Å². The number of thioether (sulfide) groups is 1. The maximum atomic E-state index is 12.8. The van der Waals surface area contributed by atoms with Crippen LogP contribution in [-0.4, -0.2) is 76.0 Å². The molecule has 0 saturated carbocycles. The van der Waals surface area contributed by atoms with Gasteiger partial charge in [0, 0.05) is 0 Å². The molecule has 0 rings (SSSR count). The topological polar surface area (TPSA) is 188 Å². The average molecular weight is 491 g/mol. The molecule has 0 spiro atoms. The molecule has 0 bridgehead atoms. The Morgan fingerprint density at radius 2 is 1.45 bits per heavy atom. The molecule has 11 nitrogen and oxygen atoms in total. The molecule has 7 N–H and O–H groups in total. The fourth-order valence-corrected chi connectivity index (χ4v) is 3.44. The van der Waals surface area contributed by atoms with E-state index in [9.17, 15) is 34.2 Å². The Bertz CT molecular complexity index is 690. The van der Waals surface area contributed by atoms with Gasteiger partial charge >= 0.3 is 11.9 Å². The zero-order chi connectivity index (χ0) is 25.7. The summed E-state index contributed by atoms with van der Waals surface area (Å²) in [6.45, 7) is 7.12. The van der Waals surface area contributed by atoms with E-state index in [4.69, 9.17) is 5.73 Å². The van der Waals surface area contributed by atoms with E-state index in [0.717, 1.165) is 0 Å². The van der Waals surface area contributed by atoms with E-state index in [1.54, 1.807) is 13.8 Å². The Labute approximate surface area is 199 Å². The Morgan fingerprint density at radius 1 is 0.909 bits per heavy atom. The number of rotatable bonds is 16. The normalized spacial score (nSPS) is 15.6. The molecule has 0 aromatic rings. The van der Waals surface area contributed by atoms with Gasteiger partial charge in [0.05, 0.1) is 12.5 Å². The molecule has 3 amide bonds. The maximum Gasteiger partial charge on any atom is 0.326 e. The van der Waals surface area contributed by atoms with Crippen LogP contribution in [0.15, 0.2) is 0 Å². The standard InChI is InChI=1S/C21H38N4O7S/c1-6-12(4)17(21(31)32)25-20(30)14(9-11(2)3)24-19(29)15(10-16(26)27)23-18(28)13(22)7-8-33-5/h11-15,17H,6-10,22H2,1-5H3,(H,23,28)(H,24,29)(H,25,30)(H,26,27)(H,31,32). The highest BCUT2D eigenvalue weighted by molar-refractivity contribution is 7.98. The Balaban J connectivity index is 5.52. The molecule has 0 heterocycles. The van der Waals surface area contributed by atoms with E-state index in [0.29, 0.717) is 18.6 Å². The predicted octanol–water partition coefficient (Wildman–Crippen LogP) is 0.173. The van der Waals surface area contributed by atoms with Crippen LogP contribution in [0.4, 0.5) is 0 Å². The molecular formula is C21H38N4O7S. The second-order valence-corrected chi connectivity index (χ2v) is 9.43. The lowest BCUT2D eigenvalue weighted by molar-refractivity contribution is -0.144. The van der Waals surface area contributed by atoms with Gasteiger partial charge in [0.15, 0.2) is 0 Å². The first-order chi connectivity index (χ1) is 15.3. The van der Waals surface area contributed by atoms with Crippen LogP contribution in [0.1, 0.15) is 53.4 Å².